The number of hydrogen-bond donors (Lipinski definition) is 0. The Morgan fingerprint density at radius 2 is 1.27 bits per heavy atom. The number of benzene rings is 3. The molecule has 2 atom stereocenters. The van der Waals surface area contributed by atoms with E-state index in [1.54, 1.807) is 0 Å². The molecule has 0 spiro atoms. The van der Waals surface area contributed by atoms with Crippen molar-refractivity contribution in [3.05, 3.63) is 96.1 Å². The summed E-state index contributed by atoms with van der Waals surface area (Å²) in [6, 6.07) is 27.7. The van der Waals surface area contributed by atoms with Crippen molar-refractivity contribution in [3.8, 4) is 11.5 Å². The average molecular weight is 404 g/mol. The Labute approximate surface area is 179 Å². The predicted molar refractivity (Wildman–Crippen MR) is 121 cm³/mol. The third-order valence-electron chi connectivity index (χ3n) is 4.64. The van der Waals surface area contributed by atoms with Gasteiger partial charge >= 0.3 is 0 Å². The predicted octanol–water partition coefficient (Wildman–Crippen LogP) is 6.10. The third-order valence-corrected chi connectivity index (χ3v) is 4.64. The second-order valence-corrected chi connectivity index (χ2v) is 7.21. The molecule has 0 aliphatic rings. The van der Waals surface area contributed by atoms with Crippen LogP contribution in [0.3, 0.4) is 0 Å². The van der Waals surface area contributed by atoms with Crippen LogP contribution >= 0.6 is 0 Å². The van der Waals surface area contributed by atoms with E-state index in [0.29, 0.717) is 6.61 Å². The molecule has 3 aromatic carbocycles. The van der Waals surface area contributed by atoms with Crippen LogP contribution in [0.15, 0.2) is 90.1 Å². The van der Waals surface area contributed by atoms with Gasteiger partial charge in [0.15, 0.2) is 6.10 Å². The monoisotopic (exact) mass is 403 g/mol. The van der Waals surface area contributed by atoms with E-state index in [9.17, 15) is 0 Å². The van der Waals surface area contributed by atoms with Crippen molar-refractivity contribution in [1.29, 1.82) is 0 Å². The zero-order valence-corrected chi connectivity index (χ0v) is 17.8. The van der Waals surface area contributed by atoms with E-state index in [0.717, 1.165) is 34.8 Å². The molecule has 2 unspecified atom stereocenters. The highest BCUT2D eigenvalue weighted by molar-refractivity contribution is 6.12. The summed E-state index contributed by atoms with van der Waals surface area (Å²) in [5.41, 5.74) is 2.82. The van der Waals surface area contributed by atoms with Crippen molar-refractivity contribution in [1.82, 2.24) is 0 Å². The molecule has 0 aliphatic heterocycles. The Bertz CT molecular complexity index is 867. The molecular weight excluding hydrogens is 374 g/mol. The minimum absolute atomic E-state index is 0.200. The smallest absolute Gasteiger partial charge is 0.158 e. The standard InChI is InChI=1S/C26H29NO3/c1-4-20(2)29-25-17-15-24(16-18-25)28-19-21(3)30-27-26(22-11-7-5-8-12-22)23-13-9-6-10-14-23/h5-18,20-21H,4,19H2,1-3H3. The normalized spacial score (nSPS) is 12.5. The van der Waals surface area contributed by atoms with Gasteiger partial charge in [0.2, 0.25) is 0 Å². The topological polar surface area (TPSA) is 40.0 Å². The molecule has 0 N–H and O–H groups in total. The SMILES string of the molecule is CCC(C)Oc1ccc(OCC(C)ON=C(c2ccccc2)c2ccccc2)cc1. The molecule has 4 nitrogen and oxygen atoms in total. The van der Waals surface area contributed by atoms with Crippen LogP contribution in [0.25, 0.3) is 0 Å². The molecule has 0 radical (unpaired) electrons. The highest BCUT2D eigenvalue weighted by Crippen LogP contribution is 2.19. The van der Waals surface area contributed by atoms with Gasteiger partial charge in [0.1, 0.15) is 23.8 Å². The molecule has 0 saturated carbocycles. The summed E-state index contributed by atoms with van der Waals surface area (Å²) in [7, 11) is 0. The lowest BCUT2D eigenvalue weighted by Crippen LogP contribution is -2.17. The fourth-order valence-corrected chi connectivity index (χ4v) is 2.78. The van der Waals surface area contributed by atoms with Crippen molar-refractivity contribution >= 4 is 5.71 Å². The highest BCUT2D eigenvalue weighted by Gasteiger charge is 2.10. The third kappa shape index (κ3) is 6.38. The van der Waals surface area contributed by atoms with Crippen LogP contribution < -0.4 is 9.47 Å². The molecule has 4 heteroatoms. The lowest BCUT2D eigenvalue weighted by molar-refractivity contribution is 0.0368. The van der Waals surface area contributed by atoms with E-state index in [2.05, 4.69) is 19.0 Å². The summed E-state index contributed by atoms with van der Waals surface area (Å²) in [5.74, 6) is 1.62. The lowest BCUT2D eigenvalue weighted by Gasteiger charge is -2.15. The van der Waals surface area contributed by atoms with Crippen molar-refractivity contribution in [2.75, 3.05) is 6.61 Å². The van der Waals surface area contributed by atoms with Crippen LogP contribution in [-0.2, 0) is 4.84 Å². The van der Waals surface area contributed by atoms with Crippen molar-refractivity contribution in [2.24, 2.45) is 5.16 Å². The van der Waals surface area contributed by atoms with Gasteiger partial charge in [-0.05, 0) is 44.5 Å². The first kappa shape index (κ1) is 21.4. The maximum absolute atomic E-state index is 5.85. The summed E-state index contributed by atoms with van der Waals surface area (Å²) in [4.78, 5) is 5.76. The maximum Gasteiger partial charge on any atom is 0.158 e. The van der Waals surface area contributed by atoms with Crippen LogP contribution in [0.1, 0.15) is 38.3 Å². The van der Waals surface area contributed by atoms with E-state index in [4.69, 9.17) is 14.3 Å². The first-order valence-electron chi connectivity index (χ1n) is 10.4. The summed E-state index contributed by atoms with van der Waals surface area (Å²) in [6.07, 6.45) is 0.969. The number of ether oxygens (including phenoxy) is 2. The van der Waals surface area contributed by atoms with Crippen molar-refractivity contribution in [2.45, 2.75) is 39.4 Å². The van der Waals surface area contributed by atoms with Crippen LogP contribution in [-0.4, -0.2) is 24.5 Å². The molecule has 0 aromatic heterocycles. The molecule has 0 aliphatic carbocycles. The van der Waals surface area contributed by atoms with E-state index >= 15 is 0 Å². The zero-order chi connectivity index (χ0) is 21.2. The molecule has 0 bridgehead atoms. The maximum atomic E-state index is 5.85. The average Bonchev–Trinajstić information content (AvgIpc) is 2.80. The van der Waals surface area contributed by atoms with E-state index < -0.39 is 0 Å². The molecule has 0 amide bonds. The lowest BCUT2D eigenvalue weighted by atomic mass is 10.0. The van der Waals surface area contributed by atoms with Gasteiger partial charge in [-0.1, -0.05) is 72.7 Å². The largest absolute Gasteiger partial charge is 0.491 e. The highest BCUT2D eigenvalue weighted by atomic mass is 16.6. The van der Waals surface area contributed by atoms with Crippen LogP contribution in [0.4, 0.5) is 0 Å². The van der Waals surface area contributed by atoms with Crippen LogP contribution in [0.2, 0.25) is 0 Å². The minimum Gasteiger partial charge on any atom is -0.491 e. The fraction of sp³-hybridized carbons (Fsp3) is 0.269. The van der Waals surface area contributed by atoms with Gasteiger partial charge in [-0.2, -0.15) is 0 Å². The number of rotatable bonds is 10. The Hall–Kier alpha value is -3.27. The van der Waals surface area contributed by atoms with Crippen molar-refractivity contribution < 1.29 is 14.3 Å². The Morgan fingerprint density at radius 1 is 0.733 bits per heavy atom. The van der Waals surface area contributed by atoms with Gasteiger partial charge in [0.05, 0.1) is 6.10 Å². The van der Waals surface area contributed by atoms with Crippen LogP contribution in [0, 0.1) is 0 Å². The molecule has 30 heavy (non-hydrogen) atoms. The van der Waals surface area contributed by atoms with Gasteiger partial charge in [-0.3, -0.25) is 0 Å². The van der Waals surface area contributed by atoms with E-state index in [-0.39, 0.29) is 12.2 Å². The summed E-state index contributed by atoms with van der Waals surface area (Å²) >= 11 is 0. The summed E-state index contributed by atoms with van der Waals surface area (Å²) < 4.78 is 11.6. The van der Waals surface area contributed by atoms with Gasteiger partial charge in [-0.15, -0.1) is 0 Å². The van der Waals surface area contributed by atoms with Crippen LogP contribution in [0.5, 0.6) is 11.5 Å². The van der Waals surface area contributed by atoms with E-state index in [1.807, 2.05) is 91.9 Å². The molecule has 3 aromatic rings. The Morgan fingerprint density at radius 3 is 1.80 bits per heavy atom. The first-order chi connectivity index (χ1) is 14.7. The van der Waals surface area contributed by atoms with Gasteiger partial charge in [0.25, 0.3) is 0 Å². The second-order valence-electron chi connectivity index (χ2n) is 7.21. The van der Waals surface area contributed by atoms with Gasteiger partial charge < -0.3 is 14.3 Å². The zero-order valence-electron chi connectivity index (χ0n) is 17.8. The number of nitrogens with zero attached hydrogens (tertiary/aromatic N) is 1. The Kier molecular flexibility index (Phi) is 7.90. The molecule has 0 saturated heterocycles. The molecule has 156 valence electrons. The molecule has 0 heterocycles. The Balaban J connectivity index is 1.60. The van der Waals surface area contributed by atoms with Crippen molar-refractivity contribution in [3.63, 3.8) is 0 Å². The quantitative estimate of drug-likeness (QED) is 0.303. The van der Waals surface area contributed by atoms with E-state index in [1.165, 1.54) is 0 Å². The molecule has 3 rings (SSSR count). The first-order valence-corrected chi connectivity index (χ1v) is 10.4. The van der Waals surface area contributed by atoms with Gasteiger partial charge in [0, 0.05) is 11.1 Å². The fourth-order valence-electron chi connectivity index (χ4n) is 2.78. The minimum atomic E-state index is -0.205. The summed E-state index contributed by atoms with van der Waals surface area (Å²) in [6.45, 7) is 6.50. The second kappa shape index (κ2) is 11.1. The molecule has 0 fully saturated rings. The number of oxime groups is 1. The molecular formula is C26H29NO3. The summed E-state index contributed by atoms with van der Waals surface area (Å²) in [5, 5.41) is 4.45. The van der Waals surface area contributed by atoms with Gasteiger partial charge in [-0.25, -0.2) is 0 Å². The number of hydrogen-bond acceptors (Lipinski definition) is 4.